The molecule has 4 rings (SSSR count). The van der Waals surface area contributed by atoms with Gasteiger partial charge in [-0.05, 0) is 41.5 Å². The van der Waals surface area contributed by atoms with Gasteiger partial charge in [0, 0.05) is 18.2 Å². The number of carbonyl (C=O) groups excluding carboxylic acids is 1. The maximum atomic E-state index is 13.3. The number of nitrogens with zero attached hydrogens (tertiary/aromatic N) is 1. The molecule has 4 heteroatoms. The average Bonchev–Trinajstić information content (AvgIpc) is 3.00. The molecule has 0 atom stereocenters. The Morgan fingerprint density at radius 2 is 1.39 bits per heavy atom. The monoisotopic (exact) mass is 371 g/mol. The summed E-state index contributed by atoms with van der Waals surface area (Å²) in [5.41, 5.74) is 5.27. The summed E-state index contributed by atoms with van der Waals surface area (Å²) in [7, 11) is 5.08. The number of hydrogen-bond donors (Lipinski definition) is 0. The minimum absolute atomic E-state index is 0.0297. The van der Waals surface area contributed by atoms with Crippen LogP contribution < -0.4 is 14.4 Å². The Morgan fingerprint density at radius 3 is 2.04 bits per heavy atom. The second-order valence-corrected chi connectivity index (χ2v) is 6.59. The first kappa shape index (κ1) is 17.9. The Kier molecular flexibility index (Phi) is 4.62. The molecule has 1 heterocycles. The van der Waals surface area contributed by atoms with E-state index in [2.05, 4.69) is 0 Å². The molecule has 0 spiro atoms. The SMILES string of the molecule is COc1ccc(/C(=C2/C(=O)N(C)c3ccc(OC)cc32)c2ccccc2)cc1. The third kappa shape index (κ3) is 2.93. The Bertz CT molecular complexity index is 1050. The van der Waals surface area contributed by atoms with E-state index in [1.807, 2.05) is 72.8 Å². The molecule has 0 bridgehead atoms. The Balaban J connectivity index is 2.03. The lowest BCUT2D eigenvalue weighted by molar-refractivity contribution is -0.112. The zero-order chi connectivity index (χ0) is 19.7. The highest BCUT2D eigenvalue weighted by Gasteiger charge is 2.33. The van der Waals surface area contributed by atoms with Gasteiger partial charge in [-0.2, -0.15) is 0 Å². The molecule has 0 N–H and O–H groups in total. The molecule has 0 saturated carbocycles. The van der Waals surface area contributed by atoms with Gasteiger partial charge in [0.2, 0.25) is 0 Å². The van der Waals surface area contributed by atoms with Crippen LogP contribution in [-0.4, -0.2) is 27.2 Å². The van der Waals surface area contributed by atoms with Gasteiger partial charge in [0.25, 0.3) is 5.91 Å². The molecule has 1 amide bonds. The largest absolute Gasteiger partial charge is 0.497 e. The van der Waals surface area contributed by atoms with Gasteiger partial charge in [-0.15, -0.1) is 0 Å². The van der Waals surface area contributed by atoms with Crippen molar-refractivity contribution in [2.75, 3.05) is 26.2 Å². The fourth-order valence-corrected chi connectivity index (χ4v) is 3.59. The highest BCUT2D eigenvalue weighted by molar-refractivity contribution is 6.38. The summed E-state index contributed by atoms with van der Waals surface area (Å²) in [5, 5.41) is 0. The molecule has 0 aromatic heterocycles. The van der Waals surface area contributed by atoms with Crippen molar-refractivity contribution in [1.29, 1.82) is 0 Å². The van der Waals surface area contributed by atoms with E-state index in [9.17, 15) is 4.79 Å². The van der Waals surface area contributed by atoms with Crippen LogP contribution in [0.3, 0.4) is 0 Å². The standard InChI is InChI=1S/C24H21NO3/c1-25-21-14-13-19(28-3)15-20(21)23(24(25)26)22(16-7-5-4-6-8-16)17-9-11-18(27-2)12-10-17/h4-15H,1-3H3/b23-22+. The van der Waals surface area contributed by atoms with Crippen LogP contribution in [0.4, 0.5) is 5.69 Å². The van der Waals surface area contributed by atoms with Crippen molar-refractivity contribution in [2.24, 2.45) is 0 Å². The minimum atomic E-state index is -0.0297. The van der Waals surface area contributed by atoms with Crippen LogP contribution in [-0.2, 0) is 4.79 Å². The van der Waals surface area contributed by atoms with Crippen molar-refractivity contribution in [2.45, 2.75) is 0 Å². The zero-order valence-electron chi connectivity index (χ0n) is 16.1. The van der Waals surface area contributed by atoms with E-state index in [1.54, 1.807) is 26.2 Å². The van der Waals surface area contributed by atoms with Gasteiger partial charge in [-0.1, -0.05) is 42.5 Å². The van der Waals surface area contributed by atoms with Gasteiger partial charge in [0.05, 0.1) is 25.5 Å². The molecule has 0 aliphatic carbocycles. The lowest BCUT2D eigenvalue weighted by Gasteiger charge is -2.14. The number of amides is 1. The molecule has 1 aliphatic heterocycles. The Hall–Kier alpha value is -3.53. The number of methoxy groups -OCH3 is 2. The van der Waals surface area contributed by atoms with Crippen molar-refractivity contribution in [3.63, 3.8) is 0 Å². The van der Waals surface area contributed by atoms with E-state index in [0.717, 1.165) is 39.4 Å². The number of benzene rings is 3. The van der Waals surface area contributed by atoms with E-state index in [-0.39, 0.29) is 5.91 Å². The quantitative estimate of drug-likeness (QED) is 0.627. The predicted molar refractivity (Wildman–Crippen MR) is 112 cm³/mol. The van der Waals surface area contributed by atoms with Crippen molar-refractivity contribution >= 4 is 22.7 Å². The van der Waals surface area contributed by atoms with Crippen molar-refractivity contribution in [3.05, 3.63) is 89.5 Å². The molecule has 0 fully saturated rings. The van der Waals surface area contributed by atoms with E-state index < -0.39 is 0 Å². The lowest BCUT2D eigenvalue weighted by Crippen LogP contribution is -2.20. The molecule has 4 nitrogen and oxygen atoms in total. The third-order valence-corrected chi connectivity index (χ3v) is 5.04. The molecular formula is C24H21NO3. The fraction of sp³-hybridized carbons (Fsp3) is 0.125. The van der Waals surface area contributed by atoms with Gasteiger partial charge in [-0.3, -0.25) is 4.79 Å². The van der Waals surface area contributed by atoms with Crippen LogP contribution >= 0.6 is 0 Å². The topological polar surface area (TPSA) is 38.8 Å². The number of fused-ring (bicyclic) bond motifs is 1. The smallest absolute Gasteiger partial charge is 0.259 e. The molecule has 3 aromatic rings. The van der Waals surface area contributed by atoms with Crippen molar-refractivity contribution in [3.8, 4) is 11.5 Å². The predicted octanol–water partition coefficient (Wildman–Crippen LogP) is 4.64. The fourth-order valence-electron chi connectivity index (χ4n) is 3.59. The van der Waals surface area contributed by atoms with Gasteiger partial charge >= 0.3 is 0 Å². The summed E-state index contributed by atoms with van der Waals surface area (Å²) >= 11 is 0. The zero-order valence-corrected chi connectivity index (χ0v) is 16.1. The third-order valence-electron chi connectivity index (χ3n) is 5.04. The Labute approximate surface area is 164 Å². The molecule has 140 valence electrons. The number of carbonyl (C=O) groups is 1. The van der Waals surface area contributed by atoms with Gasteiger partial charge < -0.3 is 14.4 Å². The normalized spacial score (nSPS) is 14.7. The highest BCUT2D eigenvalue weighted by Crippen LogP contribution is 2.43. The number of anilines is 1. The first-order valence-electron chi connectivity index (χ1n) is 9.04. The van der Waals surface area contributed by atoms with E-state index in [0.29, 0.717) is 5.57 Å². The number of likely N-dealkylation sites (N-methyl/N-ethyl adjacent to an activating group) is 1. The number of hydrogen-bond acceptors (Lipinski definition) is 3. The summed E-state index contributed by atoms with van der Waals surface area (Å²) in [4.78, 5) is 15.0. The summed E-state index contributed by atoms with van der Waals surface area (Å²) in [5.74, 6) is 1.47. The van der Waals surface area contributed by atoms with Gasteiger partial charge in [0.1, 0.15) is 11.5 Å². The van der Waals surface area contributed by atoms with Crippen LogP contribution in [0, 0.1) is 0 Å². The summed E-state index contributed by atoms with van der Waals surface area (Å²) in [6.07, 6.45) is 0. The van der Waals surface area contributed by atoms with Crippen molar-refractivity contribution < 1.29 is 14.3 Å². The van der Waals surface area contributed by atoms with E-state index >= 15 is 0 Å². The lowest BCUT2D eigenvalue weighted by atomic mass is 9.90. The maximum Gasteiger partial charge on any atom is 0.259 e. The van der Waals surface area contributed by atoms with Crippen LogP contribution in [0.5, 0.6) is 11.5 Å². The van der Waals surface area contributed by atoms with Crippen LogP contribution in [0.2, 0.25) is 0 Å². The molecule has 0 radical (unpaired) electrons. The molecule has 0 saturated heterocycles. The second-order valence-electron chi connectivity index (χ2n) is 6.59. The minimum Gasteiger partial charge on any atom is -0.497 e. The summed E-state index contributed by atoms with van der Waals surface area (Å²) in [6, 6.07) is 23.5. The number of ether oxygens (including phenoxy) is 2. The second kappa shape index (κ2) is 7.24. The first-order valence-corrected chi connectivity index (χ1v) is 9.04. The molecule has 3 aromatic carbocycles. The van der Waals surface area contributed by atoms with E-state index in [1.165, 1.54) is 0 Å². The van der Waals surface area contributed by atoms with Crippen LogP contribution in [0.25, 0.3) is 11.1 Å². The molecule has 28 heavy (non-hydrogen) atoms. The molecule has 1 aliphatic rings. The highest BCUT2D eigenvalue weighted by atomic mass is 16.5. The van der Waals surface area contributed by atoms with Crippen molar-refractivity contribution in [1.82, 2.24) is 0 Å². The van der Waals surface area contributed by atoms with Gasteiger partial charge in [0.15, 0.2) is 0 Å². The first-order chi connectivity index (χ1) is 13.6. The summed E-state index contributed by atoms with van der Waals surface area (Å²) < 4.78 is 10.7. The van der Waals surface area contributed by atoms with Gasteiger partial charge in [-0.25, -0.2) is 0 Å². The molecular weight excluding hydrogens is 350 g/mol. The van der Waals surface area contributed by atoms with Crippen LogP contribution in [0.15, 0.2) is 72.8 Å². The average molecular weight is 371 g/mol. The molecule has 0 unspecified atom stereocenters. The Morgan fingerprint density at radius 1 is 0.786 bits per heavy atom. The van der Waals surface area contributed by atoms with E-state index in [4.69, 9.17) is 9.47 Å². The van der Waals surface area contributed by atoms with Crippen LogP contribution in [0.1, 0.15) is 16.7 Å². The number of rotatable bonds is 4. The maximum absolute atomic E-state index is 13.3. The summed E-state index contributed by atoms with van der Waals surface area (Å²) in [6.45, 7) is 0.